The Labute approximate surface area is 702 Å². The van der Waals surface area contributed by atoms with Crippen LogP contribution in [-0.2, 0) is 81.7 Å². The smallest absolute Gasteiger partial charge is 0.293 e. The van der Waals surface area contributed by atoms with Crippen LogP contribution < -0.4 is 62.5 Å². The number of amides is 4. The maximum Gasteiger partial charge on any atom is 0.293 e. The van der Waals surface area contributed by atoms with Crippen molar-refractivity contribution in [1.29, 1.82) is 0 Å². The number of benzene rings is 7. The number of aromatic nitrogens is 4. The predicted molar refractivity (Wildman–Crippen MR) is 461 cm³/mol. The second kappa shape index (κ2) is 46.7. The lowest BCUT2D eigenvalue weighted by atomic mass is 9.97. The Balaban J connectivity index is 0.903. The molecular formula is C94H103N11O16. The number of nitro groups is 1. The maximum absolute atomic E-state index is 14.8. The van der Waals surface area contributed by atoms with Crippen molar-refractivity contribution in [2.24, 2.45) is 5.92 Å². The van der Waals surface area contributed by atoms with Gasteiger partial charge in [0, 0.05) is 129 Å². The molecule has 1 atom stereocenters. The average molecular weight is 1640 g/mol. The second-order valence-corrected chi connectivity index (χ2v) is 29.0. The van der Waals surface area contributed by atoms with Crippen LogP contribution in [0.3, 0.4) is 0 Å². The summed E-state index contributed by atoms with van der Waals surface area (Å²) in [5.74, 6) is -3.45. The van der Waals surface area contributed by atoms with E-state index in [9.17, 15) is 48.5 Å². The monoisotopic (exact) mass is 1640 g/mol. The van der Waals surface area contributed by atoms with Gasteiger partial charge in [-0.3, -0.25) is 58.3 Å². The third-order valence-corrected chi connectivity index (χ3v) is 20.0. The molecule has 0 saturated heterocycles. The zero-order valence-electron chi connectivity index (χ0n) is 68.2. The Morgan fingerprint density at radius 1 is 0.347 bits per heavy atom. The summed E-state index contributed by atoms with van der Waals surface area (Å²) in [4.78, 5) is 132. The van der Waals surface area contributed by atoms with Gasteiger partial charge in [-0.15, -0.1) is 0 Å². The minimum absolute atomic E-state index is 0.00456. The molecule has 1 unspecified atom stereocenters. The fraction of sp³-hybridized carbons (Fsp3) is 0.298. The maximum atomic E-state index is 14.8. The van der Waals surface area contributed by atoms with E-state index in [2.05, 4.69) is 21.3 Å². The highest BCUT2D eigenvalue weighted by molar-refractivity contribution is 5.98. The van der Waals surface area contributed by atoms with Gasteiger partial charge >= 0.3 is 0 Å². The summed E-state index contributed by atoms with van der Waals surface area (Å²) in [5, 5.41) is 24.3. The van der Waals surface area contributed by atoms with Gasteiger partial charge in [0.15, 0.2) is 23.0 Å². The van der Waals surface area contributed by atoms with Gasteiger partial charge in [-0.25, -0.2) is 0 Å². The van der Waals surface area contributed by atoms with Crippen molar-refractivity contribution in [1.82, 2.24) is 49.3 Å². The van der Waals surface area contributed by atoms with Crippen LogP contribution in [0.5, 0.6) is 23.0 Å². The van der Waals surface area contributed by atoms with Crippen LogP contribution in [0.15, 0.2) is 274 Å². The number of carbonyl (C=O) groups is 4. The van der Waals surface area contributed by atoms with Crippen molar-refractivity contribution >= 4 is 29.3 Å². The Hall–Kier alpha value is -13.3. The molecule has 0 saturated carbocycles. The van der Waals surface area contributed by atoms with Crippen molar-refractivity contribution in [3.63, 3.8) is 0 Å². The van der Waals surface area contributed by atoms with E-state index in [1.54, 1.807) is 36.7 Å². The predicted octanol–water partition coefficient (Wildman–Crippen LogP) is 11.3. The third kappa shape index (κ3) is 26.8. The largest absolute Gasteiger partial charge is 0.482 e. The number of pyridine rings is 4. The lowest BCUT2D eigenvalue weighted by molar-refractivity contribution is -0.384. The van der Waals surface area contributed by atoms with E-state index in [-0.39, 0.29) is 176 Å². The lowest BCUT2D eigenvalue weighted by Gasteiger charge is -2.32. The highest BCUT2D eigenvalue weighted by Gasteiger charge is 2.27. The van der Waals surface area contributed by atoms with Crippen LogP contribution in [0, 0.1) is 16.0 Å². The van der Waals surface area contributed by atoms with Gasteiger partial charge in [-0.05, 0) is 88.4 Å². The van der Waals surface area contributed by atoms with Crippen LogP contribution in [0.1, 0.15) is 107 Å². The number of rotatable bonds is 49. The first-order valence-corrected chi connectivity index (χ1v) is 40.7. The van der Waals surface area contributed by atoms with Crippen molar-refractivity contribution < 1.29 is 52.5 Å². The molecule has 27 nitrogen and oxygen atoms in total. The summed E-state index contributed by atoms with van der Waals surface area (Å²) in [6, 6.07) is 68.6. The van der Waals surface area contributed by atoms with Gasteiger partial charge in [-0.2, -0.15) is 0 Å². The van der Waals surface area contributed by atoms with E-state index < -0.39 is 56.7 Å². The number of nitro benzene ring substituents is 1. The topological polar surface area (TPSA) is 309 Å². The first-order valence-electron chi connectivity index (χ1n) is 40.7. The number of hydrogen-bond acceptors (Lipinski definition) is 18. The van der Waals surface area contributed by atoms with Crippen LogP contribution in [0.4, 0.5) is 5.69 Å². The molecule has 0 bridgehead atoms. The molecule has 0 aliphatic carbocycles. The summed E-state index contributed by atoms with van der Waals surface area (Å²) < 4.78 is 42.7. The zero-order valence-corrected chi connectivity index (χ0v) is 68.2. The Bertz CT molecular complexity index is 5110. The highest BCUT2D eigenvalue weighted by Crippen LogP contribution is 2.23. The van der Waals surface area contributed by atoms with Crippen LogP contribution in [0.2, 0.25) is 0 Å². The van der Waals surface area contributed by atoms with Gasteiger partial charge in [0.25, 0.3) is 51.6 Å². The fourth-order valence-electron chi connectivity index (χ4n) is 13.7. The van der Waals surface area contributed by atoms with E-state index in [1.165, 1.54) is 54.9 Å². The summed E-state index contributed by atoms with van der Waals surface area (Å²) in [7, 11) is 0. The minimum atomic E-state index is -0.617. The minimum Gasteiger partial charge on any atom is -0.482 e. The van der Waals surface area contributed by atoms with Crippen LogP contribution in [0.25, 0.3) is 0 Å². The van der Waals surface area contributed by atoms with Gasteiger partial charge in [0.05, 0.1) is 53.6 Å². The van der Waals surface area contributed by atoms with E-state index in [4.69, 9.17) is 28.4 Å². The molecule has 0 radical (unpaired) electrons. The number of ether oxygens (including phenoxy) is 6. The Morgan fingerprint density at radius 2 is 0.603 bits per heavy atom. The van der Waals surface area contributed by atoms with Crippen molar-refractivity contribution in [2.75, 3.05) is 78.7 Å². The standard InChI is InChI=1S/C94H103N11O16/c1-3-47-101-49-39-79(83(91(101)110)118-66-73-27-15-7-16-28-73)87(106)95-43-53-99(54-44-96-88(107)80-40-50-102(48-4-2)92(111)84(80)119-67-74-29-17-8-18-30-74)62-77(61-70-35-37-78(38-36-70)105(114)115)63-100(55-45-97-89(108)81-41-51-103(57-59-116-64-71-23-11-5-12-24-71)93(112)85(81)120-68-75-31-19-9-20-32-75)56-46-98-90(109)82-42-52-104(58-60-117-65-72-25-13-6-14-26-72)94(113)86(82)121-69-76-33-21-10-22-34-76/h5-42,49-52,77H,3-4,43-48,53-69H2,1-2H3,(H,95,106)(H,96,107)(H,97,108)(H,98,109). The number of aryl methyl sites for hydroxylation is 2. The van der Waals surface area contributed by atoms with Crippen molar-refractivity contribution in [3.05, 3.63) is 368 Å². The molecular weight excluding hydrogens is 1540 g/mol. The molecule has 4 aromatic heterocycles. The molecule has 121 heavy (non-hydrogen) atoms. The number of nitrogens with zero attached hydrogens (tertiary/aromatic N) is 7. The van der Waals surface area contributed by atoms with Gasteiger partial charge in [0.1, 0.15) is 26.4 Å². The molecule has 4 amide bonds. The molecule has 11 aromatic rings. The van der Waals surface area contributed by atoms with E-state index in [0.29, 0.717) is 44.7 Å². The van der Waals surface area contributed by atoms with E-state index in [0.717, 1.165) is 33.4 Å². The first-order chi connectivity index (χ1) is 59.1. The summed E-state index contributed by atoms with van der Waals surface area (Å²) in [6.45, 7) is 6.76. The molecule has 630 valence electrons. The Kier molecular flexibility index (Phi) is 34.2. The molecule has 11 rings (SSSR count). The molecule has 27 heteroatoms. The fourth-order valence-corrected chi connectivity index (χ4v) is 13.7. The number of nitrogens with one attached hydrogen (secondary N) is 4. The number of carbonyl (C=O) groups excluding carboxylic acids is 4. The molecule has 0 fully saturated rings. The van der Waals surface area contributed by atoms with Gasteiger partial charge < -0.3 is 68.0 Å². The summed E-state index contributed by atoms with van der Waals surface area (Å²) in [5.41, 5.74) is 3.50. The highest BCUT2D eigenvalue weighted by atomic mass is 16.6. The third-order valence-electron chi connectivity index (χ3n) is 20.0. The van der Waals surface area contributed by atoms with E-state index in [1.807, 2.05) is 206 Å². The van der Waals surface area contributed by atoms with Crippen LogP contribution >= 0.6 is 0 Å². The molecule has 0 spiro atoms. The van der Waals surface area contributed by atoms with E-state index >= 15 is 0 Å². The second-order valence-electron chi connectivity index (χ2n) is 29.0. The zero-order chi connectivity index (χ0) is 84.9. The average Bonchev–Trinajstić information content (AvgIpc) is 0.825. The number of hydrogen-bond donors (Lipinski definition) is 4. The van der Waals surface area contributed by atoms with Crippen LogP contribution in [-0.4, -0.2) is 135 Å². The summed E-state index contributed by atoms with van der Waals surface area (Å²) >= 11 is 0. The molecule has 4 heterocycles. The molecule has 4 N–H and O–H groups in total. The van der Waals surface area contributed by atoms with Crippen molar-refractivity contribution in [2.45, 2.75) is 98.9 Å². The SMILES string of the molecule is CCCn1ccc(C(=O)NCCN(CCNC(=O)c2ccn(CCC)c(=O)c2OCc2ccccc2)CC(Cc2ccc([N+](=O)[O-])cc2)CN(CCNC(=O)c2ccn(CCOCc3ccccc3)c(=O)c2OCc2ccccc2)CCNC(=O)c2ccn(CCOCc3ccccc3)c(=O)c2OCc2ccccc2)c(OCc2ccccc2)c1=O. The molecule has 0 aliphatic rings. The molecule has 7 aromatic carbocycles. The Morgan fingerprint density at radius 3 is 0.860 bits per heavy atom. The number of non-ortho nitro benzene ring substituents is 1. The normalized spacial score (nSPS) is 11.4. The van der Waals surface area contributed by atoms with Gasteiger partial charge in [0.2, 0.25) is 0 Å². The lowest BCUT2D eigenvalue weighted by Crippen LogP contribution is -2.46. The first kappa shape index (κ1) is 88.5. The molecule has 0 aliphatic heterocycles. The summed E-state index contributed by atoms with van der Waals surface area (Å²) in [6.07, 6.45) is 7.73. The van der Waals surface area contributed by atoms with Crippen molar-refractivity contribution in [3.8, 4) is 23.0 Å². The van der Waals surface area contributed by atoms with Gasteiger partial charge in [-0.1, -0.05) is 208 Å². The quantitative estimate of drug-likeness (QED) is 0.0156.